The van der Waals surface area contributed by atoms with E-state index in [2.05, 4.69) is 5.32 Å². The molecule has 2 aromatic rings. The van der Waals surface area contributed by atoms with Gasteiger partial charge in [-0.15, -0.1) is 0 Å². The van der Waals surface area contributed by atoms with Gasteiger partial charge in [0, 0.05) is 23.4 Å². The lowest BCUT2D eigenvalue weighted by molar-refractivity contribution is -0.122. The fourth-order valence-corrected chi connectivity index (χ4v) is 3.87. The topological polar surface area (TPSA) is 69.6 Å². The van der Waals surface area contributed by atoms with Crippen LogP contribution in [-0.4, -0.2) is 28.3 Å². The molecule has 1 saturated carbocycles. The third kappa shape index (κ3) is 4.77. The number of halogens is 1. The lowest BCUT2D eigenvalue weighted by Crippen LogP contribution is -2.39. The minimum atomic E-state index is -0.244. The first-order valence-corrected chi connectivity index (χ1v) is 9.41. The molecule has 3 rings (SSSR count). The molecule has 1 aliphatic rings. The number of carbonyl (C=O) groups is 1. The van der Waals surface area contributed by atoms with Crippen LogP contribution < -0.4 is 5.32 Å². The highest BCUT2D eigenvalue weighted by Gasteiger charge is 2.24. The average molecular weight is 374 g/mol. The van der Waals surface area contributed by atoms with E-state index in [1.165, 1.54) is 0 Å². The quantitative estimate of drug-likeness (QED) is 0.742. The molecule has 26 heavy (non-hydrogen) atoms. The maximum atomic E-state index is 12.7. The molecule has 4 nitrogen and oxygen atoms in total. The van der Waals surface area contributed by atoms with Crippen LogP contribution in [0.3, 0.4) is 0 Å². The first kappa shape index (κ1) is 18.7. The highest BCUT2D eigenvalue weighted by molar-refractivity contribution is 6.31. The van der Waals surface area contributed by atoms with E-state index in [4.69, 9.17) is 11.6 Å². The fraction of sp³-hybridized carbons (Fsp3) is 0.381. The molecule has 1 aliphatic carbocycles. The number of aliphatic hydroxyl groups excluding tert-OH is 1. The van der Waals surface area contributed by atoms with Gasteiger partial charge in [0.25, 0.3) is 0 Å². The molecular formula is C21H24ClNO3. The molecule has 0 saturated heterocycles. The van der Waals surface area contributed by atoms with E-state index in [1.54, 1.807) is 18.2 Å². The molecule has 0 bridgehead atoms. The molecule has 0 spiro atoms. The summed E-state index contributed by atoms with van der Waals surface area (Å²) in [4.78, 5) is 12.7. The van der Waals surface area contributed by atoms with Gasteiger partial charge >= 0.3 is 0 Å². The molecule has 138 valence electrons. The van der Waals surface area contributed by atoms with Crippen LogP contribution in [0.4, 0.5) is 0 Å². The van der Waals surface area contributed by atoms with Gasteiger partial charge in [-0.05, 0) is 55.0 Å². The van der Waals surface area contributed by atoms with Crippen molar-refractivity contribution in [1.82, 2.24) is 5.32 Å². The van der Waals surface area contributed by atoms with E-state index >= 15 is 0 Å². The first-order chi connectivity index (χ1) is 12.5. The van der Waals surface area contributed by atoms with Crippen molar-refractivity contribution in [3.63, 3.8) is 0 Å². The van der Waals surface area contributed by atoms with Gasteiger partial charge in [0.1, 0.15) is 5.75 Å². The molecule has 0 radical (unpaired) electrons. The number of hydrogen-bond donors (Lipinski definition) is 3. The fourth-order valence-electron chi connectivity index (χ4n) is 3.60. The number of aliphatic hydroxyl groups is 1. The van der Waals surface area contributed by atoms with Crippen LogP contribution in [-0.2, 0) is 4.79 Å². The van der Waals surface area contributed by atoms with Gasteiger partial charge in [-0.25, -0.2) is 0 Å². The maximum Gasteiger partial charge on any atom is 0.221 e. The highest BCUT2D eigenvalue weighted by atomic mass is 35.5. The Hall–Kier alpha value is -2.04. The molecule has 1 fully saturated rings. The molecule has 3 N–H and O–H groups in total. The molecule has 1 atom stereocenters. The molecule has 0 aromatic heterocycles. The Bertz CT molecular complexity index is 756. The Morgan fingerprint density at radius 3 is 2.54 bits per heavy atom. The zero-order chi connectivity index (χ0) is 18.5. The predicted molar refractivity (Wildman–Crippen MR) is 102 cm³/mol. The standard InChI is InChI=1S/C21H24ClNO3/c22-20-7-2-1-6-18(20)19(14-4-3-5-17(25)12-14)13-21(26)23-15-8-10-16(24)11-9-15/h1-7,12,15-16,19,24-25H,8-11,13H2,(H,23,26). The van der Waals surface area contributed by atoms with Crippen molar-refractivity contribution in [1.29, 1.82) is 0 Å². The molecule has 1 amide bonds. The third-order valence-corrected chi connectivity index (χ3v) is 5.35. The van der Waals surface area contributed by atoms with Crippen molar-refractivity contribution in [3.8, 4) is 5.75 Å². The molecule has 1 unspecified atom stereocenters. The van der Waals surface area contributed by atoms with Crippen LogP contribution >= 0.6 is 11.6 Å². The summed E-state index contributed by atoms with van der Waals surface area (Å²) in [6.45, 7) is 0. The first-order valence-electron chi connectivity index (χ1n) is 9.03. The summed E-state index contributed by atoms with van der Waals surface area (Å²) >= 11 is 6.38. The lowest BCUT2D eigenvalue weighted by Gasteiger charge is -2.27. The number of hydrogen-bond acceptors (Lipinski definition) is 3. The summed E-state index contributed by atoms with van der Waals surface area (Å²) in [5, 5.41) is 23.1. The number of amides is 1. The summed E-state index contributed by atoms with van der Waals surface area (Å²) in [7, 11) is 0. The molecule has 0 heterocycles. The molecule has 2 aromatic carbocycles. The summed E-state index contributed by atoms with van der Waals surface area (Å²) < 4.78 is 0. The number of carbonyl (C=O) groups excluding carboxylic acids is 1. The second kappa shape index (κ2) is 8.56. The minimum Gasteiger partial charge on any atom is -0.508 e. The number of phenolic OH excluding ortho intramolecular Hbond substituents is 1. The number of rotatable bonds is 5. The number of phenols is 1. The second-order valence-electron chi connectivity index (χ2n) is 6.95. The number of nitrogens with one attached hydrogen (secondary N) is 1. The predicted octanol–water partition coefficient (Wildman–Crippen LogP) is 3.99. The SMILES string of the molecule is O=C(CC(c1cccc(O)c1)c1ccccc1Cl)NC1CCC(O)CC1. The third-order valence-electron chi connectivity index (χ3n) is 5.00. The zero-order valence-electron chi connectivity index (χ0n) is 14.6. The van der Waals surface area contributed by atoms with Crippen LogP contribution in [0.15, 0.2) is 48.5 Å². The summed E-state index contributed by atoms with van der Waals surface area (Å²) in [5.74, 6) is -0.106. The van der Waals surface area contributed by atoms with Crippen LogP contribution in [0.5, 0.6) is 5.75 Å². The Kier molecular flexibility index (Phi) is 6.17. The van der Waals surface area contributed by atoms with Crippen molar-refractivity contribution in [2.45, 2.75) is 50.2 Å². The van der Waals surface area contributed by atoms with Crippen molar-refractivity contribution in [2.24, 2.45) is 0 Å². The largest absolute Gasteiger partial charge is 0.508 e. The van der Waals surface area contributed by atoms with Crippen molar-refractivity contribution in [2.75, 3.05) is 0 Å². The van der Waals surface area contributed by atoms with Gasteiger partial charge < -0.3 is 15.5 Å². The Labute approximate surface area is 158 Å². The van der Waals surface area contributed by atoms with E-state index in [-0.39, 0.29) is 36.1 Å². The summed E-state index contributed by atoms with van der Waals surface area (Å²) in [6, 6.07) is 14.6. The van der Waals surface area contributed by atoms with Gasteiger partial charge in [0.2, 0.25) is 5.91 Å². The Morgan fingerprint density at radius 2 is 1.85 bits per heavy atom. The molecule has 5 heteroatoms. The summed E-state index contributed by atoms with van der Waals surface area (Å²) in [6.07, 6.45) is 3.07. The van der Waals surface area contributed by atoms with Crippen LogP contribution in [0.1, 0.15) is 49.1 Å². The van der Waals surface area contributed by atoms with Gasteiger partial charge in [0.05, 0.1) is 6.10 Å². The van der Waals surface area contributed by atoms with Crippen molar-refractivity contribution >= 4 is 17.5 Å². The number of aromatic hydroxyl groups is 1. The lowest BCUT2D eigenvalue weighted by atomic mass is 9.87. The normalized spacial score (nSPS) is 21.2. The van der Waals surface area contributed by atoms with E-state index in [1.807, 2.05) is 30.3 Å². The van der Waals surface area contributed by atoms with E-state index in [0.29, 0.717) is 5.02 Å². The Morgan fingerprint density at radius 1 is 1.12 bits per heavy atom. The summed E-state index contributed by atoms with van der Waals surface area (Å²) in [5.41, 5.74) is 1.72. The van der Waals surface area contributed by atoms with Crippen LogP contribution in [0.25, 0.3) is 0 Å². The van der Waals surface area contributed by atoms with E-state index in [0.717, 1.165) is 36.8 Å². The van der Waals surface area contributed by atoms with Crippen molar-refractivity contribution < 1.29 is 15.0 Å². The highest BCUT2D eigenvalue weighted by Crippen LogP contribution is 2.34. The Balaban J connectivity index is 1.78. The maximum absolute atomic E-state index is 12.7. The van der Waals surface area contributed by atoms with Gasteiger partial charge in [-0.2, -0.15) is 0 Å². The molecule has 0 aliphatic heterocycles. The van der Waals surface area contributed by atoms with E-state index < -0.39 is 0 Å². The monoisotopic (exact) mass is 373 g/mol. The van der Waals surface area contributed by atoms with Gasteiger partial charge in [-0.3, -0.25) is 4.79 Å². The smallest absolute Gasteiger partial charge is 0.221 e. The van der Waals surface area contributed by atoms with Crippen LogP contribution in [0, 0.1) is 0 Å². The van der Waals surface area contributed by atoms with E-state index in [9.17, 15) is 15.0 Å². The van der Waals surface area contributed by atoms with Crippen molar-refractivity contribution in [3.05, 3.63) is 64.7 Å². The second-order valence-corrected chi connectivity index (χ2v) is 7.35. The average Bonchev–Trinajstić information content (AvgIpc) is 2.62. The number of benzene rings is 2. The molecular weight excluding hydrogens is 350 g/mol. The van der Waals surface area contributed by atoms with Gasteiger partial charge in [0.15, 0.2) is 0 Å². The van der Waals surface area contributed by atoms with Crippen LogP contribution in [0.2, 0.25) is 5.02 Å². The zero-order valence-corrected chi connectivity index (χ0v) is 15.3. The van der Waals surface area contributed by atoms with Gasteiger partial charge in [-0.1, -0.05) is 41.9 Å². The minimum absolute atomic E-state index is 0.0420.